The molecule has 0 atom stereocenters. The summed E-state index contributed by atoms with van der Waals surface area (Å²) in [5.41, 5.74) is 7.78. The van der Waals surface area contributed by atoms with Gasteiger partial charge in [0.2, 0.25) is 0 Å². The Morgan fingerprint density at radius 1 is 1.03 bits per heavy atom. The molecular weight excluding hydrogens is 430 g/mol. The number of pyridine rings is 1. The molecule has 176 valence electrons. The predicted molar refractivity (Wildman–Crippen MR) is 147 cm³/mol. The zero-order valence-electron chi connectivity index (χ0n) is 20.8. The predicted octanol–water partition coefficient (Wildman–Crippen LogP) is 7.50. The average Bonchev–Trinajstić information content (AvgIpc) is 3.14. The van der Waals surface area contributed by atoms with Crippen molar-refractivity contribution in [3.8, 4) is 16.9 Å². The van der Waals surface area contributed by atoms with Gasteiger partial charge in [0, 0.05) is 46.7 Å². The summed E-state index contributed by atoms with van der Waals surface area (Å²) in [5.74, 6) is 1.67. The first-order chi connectivity index (χ1) is 17.0. The lowest BCUT2D eigenvalue weighted by molar-refractivity contribution is 0.414. The first-order valence-electron chi connectivity index (χ1n) is 12.2. The summed E-state index contributed by atoms with van der Waals surface area (Å²) in [6, 6.07) is 18.9. The molecule has 2 aromatic carbocycles. The van der Waals surface area contributed by atoms with E-state index in [1.54, 1.807) is 7.11 Å². The maximum Gasteiger partial charge on any atom is 0.156 e. The minimum atomic E-state index is -0.219. The normalized spacial score (nSPS) is 17.0. The third-order valence-electron chi connectivity index (χ3n) is 6.77. The number of ether oxygens (including phenoxy) is 1. The second-order valence-corrected chi connectivity index (χ2v) is 9.46. The van der Waals surface area contributed by atoms with Crippen LogP contribution in [0.3, 0.4) is 0 Å². The van der Waals surface area contributed by atoms with Crippen molar-refractivity contribution in [1.29, 1.82) is 0 Å². The van der Waals surface area contributed by atoms with Gasteiger partial charge in [-0.3, -0.25) is 0 Å². The molecular formula is C31H31N3O. The highest BCUT2D eigenvalue weighted by atomic mass is 16.5. The second-order valence-electron chi connectivity index (χ2n) is 9.46. The van der Waals surface area contributed by atoms with Gasteiger partial charge in [0.15, 0.2) is 5.82 Å². The smallest absolute Gasteiger partial charge is 0.156 e. The number of hydrogen-bond donors (Lipinski definition) is 0. The highest BCUT2D eigenvalue weighted by Crippen LogP contribution is 2.41. The van der Waals surface area contributed by atoms with Crippen molar-refractivity contribution in [3.63, 3.8) is 0 Å². The molecule has 2 aliphatic rings. The van der Waals surface area contributed by atoms with Gasteiger partial charge in [-0.2, -0.15) is 0 Å². The van der Waals surface area contributed by atoms with Crippen LogP contribution in [0, 0.1) is 0 Å². The maximum absolute atomic E-state index is 5.50. The SMILES string of the molecule is CCCN1C=CC(=CC=CC2=Nc3ncc(-c4ccccc4)cc3C2(C)C)c2cc(OC)ccc21. The molecule has 0 aliphatic carbocycles. The number of methoxy groups -OCH3 is 1. The third kappa shape index (κ3) is 4.32. The monoisotopic (exact) mass is 461 g/mol. The fourth-order valence-corrected chi connectivity index (χ4v) is 4.72. The van der Waals surface area contributed by atoms with E-state index in [0.717, 1.165) is 46.9 Å². The molecule has 0 saturated heterocycles. The van der Waals surface area contributed by atoms with Crippen molar-refractivity contribution in [2.24, 2.45) is 4.99 Å². The van der Waals surface area contributed by atoms with Crippen molar-refractivity contribution in [3.05, 3.63) is 102 Å². The van der Waals surface area contributed by atoms with Crippen molar-refractivity contribution >= 4 is 22.8 Å². The molecule has 0 saturated carbocycles. The summed E-state index contributed by atoms with van der Waals surface area (Å²) in [6.45, 7) is 7.62. The van der Waals surface area contributed by atoms with Gasteiger partial charge in [-0.05, 0) is 54.0 Å². The molecule has 1 aromatic heterocycles. The van der Waals surface area contributed by atoms with Crippen LogP contribution in [0.25, 0.3) is 16.7 Å². The molecule has 4 nitrogen and oxygen atoms in total. The van der Waals surface area contributed by atoms with Crippen LogP contribution < -0.4 is 9.64 Å². The standard InChI is InChI=1S/C31H31N3O/c1-5-17-34-18-16-23(26-20-25(35-4)14-15-28(26)34)12-9-13-29-31(2,3)27-19-24(21-32-30(27)33-29)22-10-7-6-8-11-22/h6-16,18-21H,5,17H2,1-4H3. The van der Waals surface area contributed by atoms with Crippen LogP contribution in [-0.2, 0) is 5.41 Å². The van der Waals surface area contributed by atoms with E-state index in [2.05, 4.69) is 104 Å². The van der Waals surface area contributed by atoms with E-state index in [0.29, 0.717) is 0 Å². The molecule has 5 rings (SSSR count). The number of benzene rings is 2. The van der Waals surface area contributed by atoms with E-state index in [1.807, 2.05) is 18.3 Å². The van der Waals surface area contributed by atoms with E-state index in [9.17, 15) is 0 Å². The number of hydrogen-bond acceptors (Lipinski definition) is 4. The molecule has 0 fully saturated rings. The molecule has 3 aromatic rings. The van der Waals surface area contributed by atoms with Crippen LogP contribution in [0.4, 0.5) is 11.5 Å². The minimum absolute atomic E-state index is 0.219. The van der Waals surface area contributed by atoms with E-state index in [1.165, 1.54) is 16.8 Å². The summed E-state index contributed by atoms with van der Waals surface area (Å²) in [5, 5.41) is 0. The average molecular weight is 462 g/mol. The Hall–Kier alpha value is -3.92. The van der Waals surface area contributed by atoms with Crippen LogP contribution in [-0.4, -0.2) is 24.4 Å². The Bertz CT molecular complexity index is 1360. The fraction of sp³-hybridized carbons (Fsp3) is 0.226. The largest absolute Gasteiger partial charge is 0.497 e. The summed E-state index contributed by atoms with van der Waals surface area (Å²) in [4.78, 5) is 11.9. The molecule has 0 unspecified atom stereocenters. The van der Waals surface area contributed by atoms with E-state index < -0.39 is 0 Å². The quantitative estimate of drug-likeness (QED) is 0.381. The van der Waals surface area contributed by atoms with Crippen LogP contribution >= 0.6 is 0 Å². The van der Waals surface area contributed by atoms with Crippen molar-refractivity contribution < 1.29 is 4.74 Å². The summed E-state index contributed by atoms with van der Waals surface area (Å²) in [6.07, 6.45) is 13.7. The van der Waals surface area contributed by atoms with Crippen LogP contribution in [0.2, 0.25) is 0 Å². The van der Waals surface area contributed by atoms with Crippen LogP contribution in [0.15, 0.2) is 96.3 Å². The Labute approximate surface area is 208 Å². The lowest BCUT2D eigenvalue weighted by atomic mass is 9.81. The van der Waals surface area contributed by atoms with Gasteiger partial charge in [-0.15, -0.1) is 0 Å². The summed E-state index contributed by atoms with van der Waals surface area (Å²) < 4.78 is 5.50. The Balaban J connectivity index is 1.43. The third-order valence-corrected chi connectivity index (χ3v) is 6.77. The zero-order chi connectivity index (χ0) is 24.4. The molecule has 0 amide bonds. The summed E-state index contributed by atoms with van der Waals surface area (Å²) >= 11 is 0. The van der Waals surface area contributed by atoms with Gasteiger partial charge in [-0.25, -0.2) is 9.98 Å². The highest BCUT2D eigenvalue weighted by molar-refractivity contribution is 6.08. The fourth-order valence-electron chi connectivity index (χ4n) is 4.72. The minimum Gasteiger partial charge on any atom is -0.497 e. The number of aliphatic imine (C=N–C) groups is 1. The van der Waals surface area contributed by atoms with Crippen molar-refractivity contribution in [2.75, 3.05) is 18.6 Å². The maximum atomic E-state index is 5.50. The van der Waals surface area contributed by atoms with Gasteiger partial charge in [-0.1, -0.05) is 63.3 Å². The lowest BCUT2D eigenvalue weighted by Crippen LogP contribution is -2.23. The van der Waals surface area contributed by atoms with Gasteiger partial charge >= 0.3 is 0 Å². The zero-order valence-corrected chi connectivity index (χ0v) is 20.8. The second kappa shape index (κ2) is 9.38. The molecule has 35 heavy (non-hydrogen) atoms. The molecule has 2 aliphatic heterocycles. The molecule has 0 N–H and O–H groups in total. The molecule has 3 heterocycles. The van der Waals surface area contributed by atoms with Gasteiger partial charge in [0.05, 0.1) is 12.8 Å². The van der Waals surface area contributed by atoms with Crippen molar-refractivity contribution in [2.45, 2.75) is 32.6 Å². The number of aromatic nitrogens is 1. The van der Waals surface area contributed by atoms with Gasteiger partial charge in [0.1, 0.15) is 5.75 Å². The topological polar surface area (TPSA) is 37.7 Å². The first-order valence-corrected chi connectivity index (χ1v) is 12.2. The first kappa shape index (κ1) is 22.9. The Morgan fingerprint density at radius 3 is 2.63 bits per heavy atom. The number of allylic oxidation sites excluding steroid dienone is 5. The van der Waals surface area contributed by atoms with E-state index >= 15 is 0 Å². The van der Waals surface area contributed by atoms with E-state index in [-0.39, 0.29) is 5.41 Å². The molecule has 0 spiro atoms. The van der Waals surface area contributed by atoms with Gasteiger partial charge < -0.3 is 9.64 Å². The van der Waals surface area contributed by atoms with Crippen molar-refractivity contribution in [1.82, 2.24) is 4.98 Å². The van der Waals surface area contributed by atoms with Crippen LogP contribution in [0.1, 0.15) is 38.3 Å². The Morgan fingerprint density at radius 2 is 1.86 bits per heavy atom. The summed E-state index contributed by atoms with van der Waals surface area (Å²) in [7, 11) is 1.71. The molecule has 4 heteroatoms. The number of fused-ring (bicyclic) bond motifs is 2. The molecule has 0 bridgehead atoms. The number of anilines is 1. The lowest BCUT2D eigenvalue weighted by Gasteiger charge is -2.27. The van der Waals surface area contributed by atoms with Crippen LogP contribution in [0.5, 0.6) is 5.75 Å². The highest BCUT2D eigenvalue weighted by Gasteiger charge is 2.34. The number of nitrogens with zero attached hydrogens (tertiary/aromatic N) is 3. The molecule has 0 radical (unpaired) electrons. The van der Waals surface area contributed by atoms with E-state index in [4.69, 9.17) is 9.73 Å². The number of rotatable bonds is 6. The van der Waals surface area contributed by atoms with Gasteiger partial charge in [0.25, 0.3) is 0 Å². The Kier molecular flexibility index (Phi) is 6.12.